The highest BCUT2D eigenvalue weighted by molar-refractivity contribution is 6.31. The molecule has 0 saturated carbocycles. The highest BCUT2D eigenvalue weighted by Gasteiger charge is 2.10. The van der Waals surface area contributed by atoms with Crippen LogP contribution >= 0.6 is 11.6 Å². The number of hydrogen-bond acceptors (Lipinski definition) is 2. The second-order valence-corrected chi connectivity index (χ2v) is 4.82. The first-order valence-electron chi connectivity index (χ1n) is 6.37. The van der Waals surface area contributed by atoms with E-state index in [1.54, 1.807) is 18.3 Å². The van der Waals surface area contributed by atoms with E-state index in [1.165, 1.54) is 6.07 Å². The van der Waals surface area contributed by atoms with Crippen molar-refractivity contribution in [2.75, 3.05) is 6.54 Å². The van der Waals surface area contributed by atoms with Crippen LogP contribution in [0.15, 0.2) is 24.4 Å². The van der Waals surface area contributed by atoms with Crippen LogP contribution in [-0.2, 0) is 13.0 Å². The van der Waals surface area contributed by atoms with Crippen LogP contribution in [0.1, 0.15) is 30.4 Å². The average Bonchev–Trinajstić information content (AvgIpc) is 2.82. The molecule has 1 heterocycles. The summed E-state index contributed by atoms with van der Waals surface area (Å²) in [5.74, 6) is 0.426. The normalized spacial score (nSPS) is 10.9. The van der Waals surface area contributed by atoms with Crippen molar-refractivity contribution in [3.8, 4) is 0 Å². The summed E-state index contributed by atoms with van der Waals surface area (Å²) < 4.78 is 13.7. The minimum absolute atomic E-state index is 0.297. The third kappa shape index (κ3) is 3.78. The lowest BCUT2D eigenvalue weighted by Gasteiger charge is -2.03. The fourth-order valence-corrected chi connectivity index (χ4v) is 2.08. The lowest BCUT2D eigenvalue weighted by molar-refractivity contribution is 0.612. The predicted molar refractivity (Wildman–Crippen MR) is 74.8 cm³/mol. The smallest absolute Gasteiger partial charge is 0.128 e. The Morgan fingerprint density at radius 3 is 3.00 bits per heavy atom. The zero-order valence-electron chi connectivity index (χ0n) is 10.8. The van der Waals surface area contributed by atoms with Gasteiger partial charge in [-0.15, -0.1) is 0 Å². The summed E-state index contributed by atoms with van der Waals surface area (Å²) in [6.45, 7) is 3.82. The van der Waals surface area contributed by atoms with Crippen LogP contribution in [0.25, 0.3) is 0 Å². The van der Waals surface area contributed by atoms with E-state index in [9.17, 15) is 4.39 Å². The third-order valence-electron chi connectivity index (χ3n) is 2.83. The van der Waals surface area contributed by atoms with Crippen molar-refractivity contribution >= 4 is 11.6 Å². The molecule has 1 aromatic heterocycles. The standard InChI is InChI=1S/C14H17ClFN3/c1-2-6-17-8-10-9-18-14(19-10)7-11-12(15)4-3-5-13(11)16/h3-5,9,17H,2,6-8H2,1H3,(H,18,19). The van der Waals surface area contributed by atoms with Gasteiger partial charge in [0.25, 0.3) is 0 Å². The van der Waals surface area contributed by atoms with Crippen molar-refractivity contribution < 1.29 is 4.39 Å². The lowest BCUT2D eigenvalue weighted by Crippen LogP contribution is -2.13. The van der Waals surface area contributed by atoms with Crippen molar-refractivity contribution in [3.05, 3.63) is 52.3 Å². The van der Waals surface area contributed by atoms with Gasteiger partial charge in [-0.1, -0.05) is 24.6 Å². The Morgan fingerprint density at radius 1 is 1.42 bits per heavy atom. The maximum Gasteiger partial charge on any atom is 0.128 e. The lowest BCUT2D eigenvalue weighted by atomic mass is 10.1. The zero-order chi connectivity index (χ0) is 13.7. The summed E-state index contributed by atoms with van der Waals surface area (Å²) in [5.41, 5.74) is 1.47. The van der Waals surface area contributed by atoms with Crippen molar-refractivity contribution in [3.63, 3.8) is 0 Å². The summed E-state index contributed by atoms with van der Waals surface area (Å²) >= 11 is 5.99. The number of aromatic nitrogens is 2. The Balaban J connectivity index is 2.03. The Bertz CT molecular complexity index is 519. The van der Waals surface area contributed by atoms with Gasteiger partial charge in [-0.2, -0.15) is 0 Å². The van der Waals surface area contributed by atoms with E-state index in [-0.39, 0.29) is 5.82 Å². The molecule has 0 fully saturated rings. The second kappa shape index (κ2) is 6.68. The number of aromatic amines is 1. The molecule has 5 heteroatoms. The van der Waals surface area contributed by atoms with E-state index in [0.29, 0.717) is 17.0 Å². The number of rotatable bonds is 6. The van der Waals surface area contributed by atoms with Crippen LogP contribution in [-0.4, -0.2) is 16.5 Å². The van der Waals surface area contributed by atoms with Crippen LogP contribution in [0, 0.1) is 5.82 Å². The van der Waals surface area contributed by atoms with Crippen molar-refractivity contribution in [1.29, 1.82) is 0 Å². The van der Waals surface area contributed by atoms with E-state index in [2.05, 4.69) is 22.2 Å². The molecular formula is C14H17ClFN3. The van der Waals surface area contributed by atoms with Gasteiger partial charge in [-0.25, -0.2) is 9.37 Å². The molecule has 0 saturated heterocycles. The molecule has 0 aliphatic heterocycles. The predicted octanol–water partition coefficient (Wildman–Crippen LogP) is 3.29. The topological polar surface area (TPSA) is 40.7 Å². The van der Waals surface area contributed by atoms with Gasteiger partial charge in [0.1, 0.15) is 11.6 Å². The zero-order valence-corrected chi connectivity index (χ0v) is 11.6. The first kappa shape index (κ1) is 14.0. The fraction of sp³-hybridized carbons (Fsp3) is 0.357. The average molecular weight is 282 g/mol. The molecule has 2 N–H and O–H groups in total. The van der Waals surface area contributed by atoms with Gasteiger partial charge >= 0.3 is 0 Å². The highest BCUT2D eigenvalue weighted by atomic mass is 35.5. The number of hydrogen-bond donors (Lipinski definition) is 2. The van der Waals surface area contributed by atoms with Gasteiger partial charge in [0.2, 0.25) is 0 Å². The molecule has 0 atom stereocenters. The number of nitrogens with zero attached hydrogens (tertiary/aromatic N) is 1. The van der Waals surface area contributed by atoms with E-state index in [0.717, 1.165) is 31.0 Å². The number of imidazole rings is 1. The number of H-pyrrole nitrogens is 1. The van der Waals surface area contributed by atoms with Gasteiger partial charge in [0.05, 0.1) is 0 Å². The Morgan fingerprint density at radius 2 is 2.26 bits per heavy atom. The van der Waals surface area contributed by atoms with Crippen molar-refractivity contribution in [2.45, 2.75) is 26.3 Å². The molecule has 1 aromatic carbocycles. The Hall–Kier alpha value is -1.39. The first-order chi connectivity index (χ1) is 9.20. The molecule has 0 aliphatic rings. The number of nitrogens with one attached hydrogen (secondary N) is 2. The Kier molecular flexibility index (Phi) is 4.93. The van der Waals surface area contributed by atoms with E-state index in [4.69, 9.17) is 11.6 Å². The fourth-order valence-electron chi connectivity index (χ4n) is 1.85. The minimum Gasteiger partial charge on any atom is -0.345 e. The van der Waals surface area contributed by atoms with Crippen molar-refractivity contribution in [2.24, 2.45) is 0 Å². The molecule has 0 aliphatic carbocycles. The molecule has 0 spiro atoms. The summed E-state index contributed by atoms with van der Waals surface area (Å²) in [6, 6.07) is 4.70. The molecule has 102 valence electrons. The highest BCUT2D eigenvalue weighted by Crippen LogP contribution is 2.21. The minimum atomic E-state index is -0.297. The maximum atomic E-state index is 13.7. The molecular weight excluding hydrogens is 265 g/mol. The molecule has 0 bridgehead atoms. The monoisotopic (exact) mass is 281 g/mol. The largest absolute Gasteiger partial charge is 0.345 e. The van der Waals surface area contributed by atoms with Crippen LogP contribution in [0.5, 0.6) is 0 Å². The summed E-state index contributed by atoms with van der Waals surface area (Å²) in [5, 5.41) is 3.71. The SMILES string of the molecule is CCCNCc1cnc(Cc2c(F)cccc2Cl)[nH]1. The van der Waals surface area contributed by atoms with Crippen LogP contribution < -0.4 is 5.32 Å². The van der Waals surface area contributed by atoms with Gasteiger partial charge in [-0.3, -0.25) is 0 Å². The molecule has 3 nitrogen and oxygen atoms in total. The van der Waals surface area contributed by atoms with Gasteiger partial charge in [0.15, 0.2) is 0 Å². The maximum absolute atomic E-state index is 13.7. The Labute approximate surface area is 117 Å². The molecule has 2 aromatic rings. The van der Waals surface area contributed by atoms with E-state index in [1.807, 2.05) is 0 Å². The van der Waals surface area contributed by atoms with Gasteiger partial charge in [0, 0.05) is 35.4 Å². The quantitative estimate of drug-likeness (QED) is 0.798. The molecule has 2 rings (SSSR count). The van der Waals surface area contributed by atoms with Crippen LogP contribution in [0.2, 0.25) is 5.02 Å². The van der Waals surface area contributed by atoms with Gasteiger partial charge < -0.3 is 10.3 Å². The van der Waals surface area contributed by atoms with Crippen LogP contribution in [0.4, 0.5) is 4.39 Å². The first-order valence-corrected chi connectivity index (χ1v) is 6.75. The van der Waals surface area contributed by atoms with Crippen molar-refractivity contribution in [1.82, 2.24) is 15.3 Å². The molecule has 0 amide bonds. The van der Waals surface area contributed by atoms with Crippen LogP contribution in [0.3, 0.4) is 0 Å². The third-order valence-corrected chi connectivity index (χ3v) is 3.18. The molecule has 19 heavy (non-hydrogen) atoms. The summed E-state index contributed by atoms with van der Waals surface area (Å²) in [4.78, 5) is 7.43. The van der Waals surface area contributed by atoms with Gasteiger partial charge in [-0.05, 0) is 25.1 Å². The summed E-state index contributed by atoms with van der Waals surface area (Å²) in [6.07, 6.45) is 3.23. The molecule has 0 radical (unpaired) electrons. The summed E-state index contributed by atoms with van der Waals surface area (Å²) in [7, 11) is 0. The van der Waals surface area contributed by atoms with E-state index >= 15 is 0 Å². The number of halogens is 2. The second-order valence-electron chi connectivity index (χ2n) is 4.41. The molecule has 0 unspecified atom stereocenters. The van der Waals surface area contributed by atoms with E-state index < -0.39 is 0 Å². The number of benzene rings is 1.